The van der Waals surface area contributed by atoms with Crippen LogP contribution in [0.5, 0.6) is 6.01 Å². The van der Waals surface area contributed by atoms with E-state index < -0.39 is 5.76 Å². The molecule has 1 fully saturated rings. The first-order valence-corrected chi connectivity index (χ1v) is 10.4. The normalized spacial score (nSPS) is 14.7. The van der Waals surface area contributed by atoms with Gasteiger partial charge in [0.2, 0.25) is 5.91 Å². The van der Waals surface area contributed by atoms with Gasteiger partial charge in [-0.15, -0.1) is 0 Å². The number of carbonyl (C=O) groups excluding carboxylic acids is 1. The van der Waals surface area contributed by atoms with Crippen molar-refractivity contribution in [2.75, 3.05) is 13.1 Å². The monoisotopic (exact) mass is 434 g/mol. The lowest BCUT2D eigenvalue weighted by Crippen LogP contribution is -2.43. The molecular formula is C22H22N6O4. The molecule has 1 amide bonds. The first-order chi connectivity index (χ1) is 15.6. The molecule has 0 atom stereocenters. The Balaban J connectivity index is 1.17. The molecule has 1 saturated heterocycles. The average Bonchev–Trinajstić information content (AvgIpc) is 3.38. The number of oxazole rings is 1. The van der Waals surface area contributed by atoms with Gasteiger partial charge in [-0.3, -0.25) is 14.0 Å². The Bertz CT molecular complexity index is 1300. The number of hydrogen-bond acceptors (Lipinski definition) is 7. The van der Waals surface area contributed by atoms with E-state index in [1.165, 1.54) is 4.57 Å². The number of carbonyl (C=O) groups is 1. The number of aryl methyl sites for hydroxylation is 1. The summed E-state index contributed by atoms with van der Waals surface area (Å²) in [5.41, 5.74) is 2.91. The van der Waals surface area contributed by atoms with E-state index in [0.29, 0.717) is 43.0 Å². The van der Waals surface area contributed by atoms with Gasteiger partial charge in [0.15, 0.2) is 5.58 Å². The summed E-state index contributed by atoms with van der Waals surface area (Å²) in [7, 11) is 1.86. The lowest BCUT2D eigenvalue weighted by molar-refractivity contribution is -0.133. The molecule has 164 valence electrons. The summed E-state index contributed by atoms with van der Waals surface area (Å²) in [6, 6.07) is 7.41. The highest BCUT2D eigenvalue weighted by atomic mass is 16.5. The molecule has 3 aromatic heterocycles. The molecule has 0 radical (unpaired) electrons. The van der Waals surface area contributed by atoms with Gasteiger partial charge in [0.1, 0.15) is 12.6 Å². The van der Waals surface area contributed by atoms with E-state index in [2.05, 4.69) is 15.1 Å². The minimum absolute atomic E-state index is 0.0414. The zero-order valence-electron chi connectivity index (χ0n) is 17.5. The fraction of sp³-hybridized carbons (Fsp3) is 0.318. The summed E-state index contributed by atoms with van der Waals surface area (Å²) in [5.74, 6) is -0.640. The summed E-state index contributed by atoms with van der Waals surface area (Å²) in [4.78, 5) is 35.2. The maximum Gasteiger partial charge on any atom is 0.420 e. The van der Waals surface area contributed by atoms with Gasteiger partial charge in [0, 0.05) is 62.7 Å². The molecule has 32 heavy (non-hydrogen) atoms. The van der Waals surface area contributed by atoms with E-state index in [1.807, 2.05) is 19.3 Å². The van der Waals surface area contributed by atoms with Gasteiger partial charge < -0.3 is 14.1 Å². The quantitative estimate of drug-likeness (QED) is 0.472. The van der Waals surface area contributed by atoms with Crippen LogP contribution < -0.4 is 10.5 Å². The third-order valence-electron chi connectivity index (χ3n) is 5.60. The van der Waals surface area contributed by atoms with E-state index in [9.17, 15) is 9.59 Å². The number of aromatic nitrogens is 5. The first-order valence-electron chi connectivity index (χ1n) is 10.4. The molecule has 0 spiro atoms. The van der Waals surface area contributed by atoms with Crippen molar-refractivity contribution in [1.82, 2.24) is 29.2 Å². The van der Waals surface area contributed by atoms with Crippen molar-refractivity contribution in [2.24, 2.45) is 7.05 Å². The highest BCUT2D eigenvalue weighted by Crippen LogP contribution is 2.20. The van der Waals surface area contributed by atoms with Crippen LogP contribution in [0.15, 0.2) is 58.3 Å². The number of nitrogens with zero attached hydrogens (tertiary/aromatic N) is 6. The van der Waals surface area contributed by atoms with Crippen LogP contribution in [0.25, 0.3) is 22.2 Å². The van der Waals surface area contributed by atoms with E-state index in [0.717, 1.165) is 11.1 Å². The van der Waals surface area contributed by atoms with Crippen LogP contribution >= 0.6 is 0 Å². The highest BCUT2D eigenvalue weighted by molar-refractivity contribution is 5.79. The smallest absolute Gasteiger partial charge is 0.420 e. The molecule has 10 nitrogen and oxygen atoms in total. The zero-order valence-corrected chi connectivity index (χ0v) is 17.5. The molecule has 0 bridgehead atoms. The molecule has 0 N–H and O–H groups in total. The van der Waals surface area contributed by atoms with Crippen molar-refractivity contribution in [3.63, 3.8) is 0 Å². The van der Waals surface area contributed by atoms with Crippen molar-refractivity contribution in [1.29, 1.82) is 0 Å². The van der Waals surface area contributed by atoms with Crippen molar-refractivity contribution >= 4 is 17.0 Å². The van der Waals surface area contributed by atoms with E-state index >= 15 is 0 Å². The zero-order chi connectivity index (χ0) is 22.1. The van der Waals surface area contributed by atoms with E-state index in [1.54, 1.807) is 46.4 Å². The van der Waals surface area contributed by atoms with Crippen LogP contribution in [0, 0.1) is 0 Å². The molecule has 10 heteroatoms. The summed E-state index contributed by atoms with van der Waals surface area (Å²) >= 11 is 0. The Morgan fingerprint density at radius 3 is 2.59 bits per heavy atom. The van der Waals surface area contributed by atoms with Gasteiger partial charge in [0.05, 0.1) is 11.7 Å². The molecule has 0 saturated carbocycles. The molecule has 5 rings (SSSR count). The molecule has 0 aliphatic carbocycles. The highest BCUT2D eigenvalue weighted by Gasteiger charge is 2.25. The van der Waals surface area contributed by atoms with Crippen LogP contribution in [0.2, 0.25) is 0 Å². The molecule has 4 aromatic rings. The second-order valence-corrected chi connectivity index (χ2v) is 7.78. The lowest BCUT2D eigenvalue weighted by Gasteiger charge is -2.31. The number of para-hydroxylation sites is 2. The second-order valence-electron chi connectivity index (χ2n) is 7.78. The number of piperidine rings is 1. The fourth-order valence-corrected chi connectivity index (χ4v) is 3.87. The SMILES string of the molecule is Cn1cc(-c2cnc(OC3CCN(C(=O)Cn4c(=O)oc5ccccc54)CC3)nc2)cn1. The Morgan fingerprint density at radius 1 is 1.12 bits per heavy atom. The van der Waals surface area contributed by atoms with Gasteiger partial charge in [-0.25, -0.2) is 14.8 Å². The summed E-state index contributed by atoms with van der Waals surface area (Å²) in [5, 5.41) is 4.15. The minimum atomic E-state index is -0.523. The van der Waals surface area contributed by atoms with Crippen LogP contribution in [0.1, 0.15) is 12.8 Å². The minimum Gasteiger partial charge on any atom is -0.460 e. The summed E-state index contributed by atoms with van der Waals surface area (Å²) in [6.45, 7) is 1.05. The largest absolute Gasteiger partial charge is 0.460 e. The maximum absolute atomic E-state index is 12.8. The number of rotatable bonds is 5. The van der Waals surface area contributed by atoms with Crippen LogP contribution in [0.3, 0.4) is 0 Å². The molecule has 1 aliphatic heterocycles. The number of likely N-dealkylation sites (tertiary alicyclic amines) is 1. The Morgan fingerprint density at radius 2 is 1.88 bits per heavy atom. The topological polar surface area (TPSA) is 108 Å². The van der Waals surface area contributed by atoms with Gasteiger partial charge >= 0.3 is 11.8 Å². The first kappa shape index (κ1) is 20.0. The van der Waals surface area contributed by atoms with E-state index in [-0.39, 0.29) is 18.6 Å². The summed E-state index contributed by atoms with van der Waals surface area (Å²) < 4.78 is 14.2. The van der Waals surface area contributed by atoms with Crippen LogP contribution in [-0.2, 0) is 18.4 Å². The van der Waals surface area contributed by atoms with Gasteiger partial charge in [0.25, 0.3) is 0 Å². The fourth-order valence-electron chi connectivity index (χ4n) is 3.87. The third-order valence-corrected chi connectivity index (χ3v) is 5.60. The second kappa shape index (κ2) is 8.29. The molecule has 1 aromatic carbocycles. The number of benzene rings is 1. The van der Waals surface area contributed by atoms with Gasteiger partial charge in [-0.05, 0) is 12.1 Å². The molecular weight excluding hydrogens is 412 g/mol. The predicted octanol–water partition coefficient (Wildman–Crippen LogP) is 1.85. The van der Waals surface area contributed by atoms with Gasteiger partial charge in [-0.2, -0.15) is 5.10 Å². The maximum atomic E-state index is 12.8. The molecule has 0 unspecified atom stereocenters. The molecule has 1 aliphatic rings. The van der Waals surface area contributed by atoms with Crippen LogP contribution in [0.4, 0.5) is 0 Å². The standard InChI is InChI=1S/C22H22N6O4/c1-26-13-16(12-25-26)15-10-23-21(24-11-15)31-17-6-8-27(9-7-17)20(29)14-28-18-4-2-3-5-19(18)32-22(28)30/h2-5,10-13,17H,6-9,14H2,1H3. The van der Waals surface area contributed by atoms with Crippen molar-refractivity contribution < 1.29 is 13.9 Å². The molecule has 4 heterocycles. The number of fused-ring (bicyclic) bond motifs is 1. The Labute approximate surface area is 183 Å². The Hall–Kier alpha value is -3.95. The third kappa shape index (κ3) is 3.98. The predicted molar refractivity (Wildman–Crippen MR) is 115 cm³/mol. The van der Waals surface area contributed by atoms with E-state index in [4.69, 9.17) is 9.15 Å². The average molecular weight is 434 g/mol. The van der Waals surface area contributed by atoms with Crippen molar-refractivity contribution in [2.45, 2.75) is 25.5 Å². The number of hydrogen-bond donors (Lipinski definition) is 0. The van der Waals surface area contributed by atoms with Crippen molar-refractivity contribution in [3.8, 4) is 17.1 Å². The summed E-state index contributed by atoms with van der Waals surface area (Å²) in [6.07, 6.45) is 8.34. The van der Waals surface area contributed by atoms with Crippen LogP contribution in [-0.4, -0.2) is 54.3 Å². The number of amides is 1. The van der Waals surface area contributed by atoms with Crippen molar-refractivity contribution in [3.05, 3.63) is 59.6 Å². The number of ether oxygens (including phenoxy) is 1. The lowest BCUT2D eigenvalue weighted by atomic mass is 10.1. The van der Waals surface area contributed by atoms with Gasteiger partial charge in [-0.1, -0.05) is 12.1 Å². The Kier molecular flexibility index (Phi) is 5.18.